The van der Waals surface area contributed by atoms with Crippen LogP contribution in [0.4, 0.5) is 0 Å². The number of ether oxygens (including phenoxy) is 1. The van der Waals surface area contributed by atoms with Crippen molar-refractivity contribution in [1.82, 2.24) is 10.3 Å². The Hall–Kier alpha value is -2.73. The van der Waals surface area contributed by atoms with Gasteiger partial charge in [-0.05, 0) is 26.0 Å². The highest BCUT2D eigenvalue weighted by atomic mass is 16.5. The number of aryl methyl sites for hydroxylation is 1. The Kier molecular flexibility index (Phi) is 5.88. The van der Waals surface area contributed by atoms with Crippen LogP contribution in [0, 0.1) is 6.92 Å². The van der Waals surface area contributed by atoms with Crippen molar-refractivity contribution in [3.63, 3.8) is 0 Å². The van der Waals surface area contributed by atoms with Crippen molar-refractivity contribution in [3.8, 4) is 11.3 Å². The largest absolute Gasteiger partial charge is 0.481 e. The molecular formula is C19H22N2O4. The van der Waals surface area contributed by atoms with E-state index in [4.69, 9.17) is 9.84 Å². The predicted molar refractivity (Wildman–Crippen MR) is 94.4 cm³/mol. The Balaban J connectivity index is 2.23. The fourth-order valence-electron chi connectivity index (χ4n) is 2.70. The van der Waals surface area contributed by atoms with Crippen LogP contribution in [0.15, 0.2) is 42.5 Å². The highest BCUT2D eigenvalue weighted by molar-refractivity contribution is 5.96. The number of amides is 1. The molecule has 0 aliphatic carbocycles. The van der Waals surface area contributed by atoms with Crippen molar-refractivity contribution in [2.45, 2.75) is 25.8 Å². The molecule has 6 nitrogen and oxygen atoms in total. The number of hydrogen-bond donors (Lipinski definition) is 2. The van der Waals surface area contributed by atoms with Gasteiger partial charge < -0.3 is 15.2 Å². The number of nitrogens with one attached hydrogen (secondary N) is 1. The minimum Gasteiger partial charge on any atom is -0.481 e. The van der Waals surface area contributed by atoms with E-state index in [0.717, 1.165) is 11.3 Å². The Morgan fingerprint density at radius 2 is 1.88 bits per heavy atom. The number of hydrogen-bond acceptors (Lipinski definition) is 4. The molecule has 0 bridgehead atoms. The van der Waals surface area contributed by atoms with Crippen LogP contribution in [0.25, 0.3) is 11.3 Å². The van der Waals surface area contributed by atoms with Crippen molar-refractivity contribution in [3.05, 3.63) is 53.7 Å². The number of carbonyl (C=O) groups excluding carboxylic acids is 1. The first kappa shape index (κ1) is 18.6. The van der Waals surface area contributed by atoms with Crippen LogP contribution in [-0.2, 0) is 9.53 Å². The Morgan fingerprint density at radius 1 is 1.20 bits per heavy atom. The van der Waals surface area contributed by atoms with E-state index in [1.54, 1.807) is 26.0 Å². The Labute approximate surface area is 146 Å². The van der Waals surface area contributed by atoms with Gasteiger partial charge in [-0.2, -0.15) is 0 Å². The van der Waals surface area contributed by atoms with Gasteiger partial charge in [0.05, 0.1) is 35.5 Å². The molecule has 2 N–H and O–H groups in total. The summed E-state index contributed by atoms with van der Waals surface area (Å²) in [5.41, 5.74) is 1.73. The quantitative estimate of drug-likeness (QED) is 0.807. The molecule has 2 aromatic rings. The molecule has 1 heterocycles. The maximum Gasteiger partial charge on any atom is 0.305 e. The van der Waals surface area contributed by atoms with Crippen molar-refractivity contribution in [2.24, 2.45) is 0 Å². The van der Waals surface area contributed by atoms with Gasteiger partial charge in [0.25, 0.3) is 5.91 Å². The number of carbonyl (C=O) groups is 2. The predicted octanol–water partition coefficient (Wildman–Crippen LogP) is 2.67. The third-order valence-corrected chi connectivity index (χ3v) is 3.82. The molecule has 0 saturated carbocycles. The highest BCUT2D eigenvalue weighted by Gasteiger charge is 2.30. The van der Waals surface area contributed by atoms with Crippen molar-refractivity contribution in [1.29, 1.82) is 0 Å². The van der Waals surface area contributed by atoms with E-state index in [2.05, 4.69) is 10.3 Å². The minimum atomic E-state index is -1.01. The van der Waals surface area contributed by atoms with Crippen LogP contribution >= 0.6 is 0 Å². The topological polar surface area (TPSA) is 88.5 Å². The summed E-state index contributed by atoms with van der Waals surface area (Å²) < 4.78 is 5.06. The zero-order valence-electron chi connectivity index (χ0n) is 14.6. The average Bonchev–Trinajstić information content (AvgIpc) is 2.54. The lowest BCUT2D eigenvalue weighted by Gasteiger charge is -2.28. The van der Waals surface area contributed by atoms with Gasteiger partial charge in [-0.3, -0.25) is 14.6 Å². The molecule has 0 saturated heterocycles. The summed E-state index contributed by atoms with van der Waals surface area (Å²) in [6.45, 7) is 3.50. The molecular weight excluding hydrogens is 320 g/mol. The molecule has 0 aliphatic heterocycles. The summed E-state index contributed by atoms with van der Waals surface area (Å²) in [5, 5.41) is 11.8. The summed E-state index contributed by atoms with van der Waals surface area (Å²) in [7, 11) is 1.47. The summed E-state index contributed by atoms with van der Waals surface area (Å²) in [6, 6.07) is 13.2. The number of nitrogens with zero attached hydrogens (tertiary/aromatic N) is 1. The number of aromatic nitrogens is 1. The second-order valence-electron chi connectivity index (χ2n) is 6.21. The fraction of sp³-hybridized carbons (Fsp3) is 0.316. The number of benzene rings is 1. The number of carboxylic acid groups (broad SMARTS) is 1. The minimum absolute atomic E-state index is 0.0968. The number of rotatable bonds is 7. The van der Waals surface area contributed by atoms with Gasteiger partial charge in [-0.15, -0.1) is 0 Å². The molecule has 1 atom stereocenters. The van der Waals surface area contributed by atoms with Gasteiger partial charge in [0, 0.05) is 12.7 Å². The first-order valence-corrected chi connectivity index (χ1v) is 7.91. The van der Waals surface area contributed by atoms with E-state index < -0.39 is 11.5 Å². The maximum atomic E-state index is 12.6. The van der Waals surface area contributed by atoms with Crippen LogP contribution in [0.1, 0.15) is 29.4 Å². The van der Waals surface area contributed by atoms with Gasteiger partial charge in [-0.1, -0.05) is 30.3 Å². The first-order chi connectivity index (χ1) is 11.8. The molecule has 2 rings (SSSR count). The normalized spacial score (nSPS) is 13.1. The van der Waals surface area contributed by atoms with Gasteiger partial charge in [0.2, 0.25) is 0 Å². The monoisotopic (exact) mass is 342 g/mol. The van der Waals surface area contributed by atoms with E-state index in [0.29, 0.717) is 11.3 Å². The molecule has 0 fully saturated rings. The van der Waals surface area contributed by atoms with Gasteiger partial charge in [0.1, 0.15) is 0 Å². The zero-order valence-corrected chi connectivity index (χ0v) is 14.6. The molecule has 6 heteroatoms. The van der Waals surface area contributed by atoms with E-state index in [1.165, 1.54) is 7.11 Å². The Bertz CT molecular complexity index is 761. The molecule has 0 aliphatic rings. The smallest absolute Gasteiger partial charge is 0.305 e. The number of carboxylic acids is 1. The standard InChI is InChI=1S/C19H22N2O4/c1-13-15(9-10-16(20-13)14-7-5-4-6-8-14)18(24)21-19(2,12-25-3)11-17(22)23/h4-10H,11-12H2,1-3H3,(H,21,24)(H,22,23). The van der Waals surface area contributed by atoms with E-state index >= 15 is 0 Å². The first-order valence-electron chi connectivity index (χ1n) is 7.91. The third-order valence-electron chi connectivity index (χ3n) is 3.82. The second kappa shape index (κ2) is 7.90. The third kappa shape index (κ3) is 4.87. The lowest BCUT2D eigenvalue weighted by Crippen LogP contribution is -2.50. The molecule has 1 unspecified atom stereocenters. The van der Waals surface area contributed by atoms with Crippen LogP contribution in [0.3, 0.4) is 0 Å². The molecule has 132 valence electrons. The van der Waals surface area contributed by atoms with Crippen molar-refractivity contribution in [2.75, 3.05) is 13.7 Å². The summed E-state index contributed by atoms with van der Waals surface area (Å²) in [5.74, 6) is -1.38. The maximum absolute atomic E-state index is 12.6. The van der Waals surface area contributed by atoms with Crippen LogP contribution in [-0.4, -0.2) is 41.2 Å². The number of pyridine rings is 1. The zero-order chi connectivity index (χ0) is 18.4. The molecule has 1 aromatic carbocycles. The van der Waals surface area contributed by atoms with Gasteiger partial charge >= 0.3 is 5.97 Å². The molecule has 25 heavy (non-hydrogen) atoms. The summed E-state index contributed by atoms with van der Waals surface area (Å²) in [6.07, 6.45) is -0.235. The lowest BCUT2D eigenvalue weighted by molar-refractivity contribution is -0.139. The van der Waals surface area contributed by atoms with Crippen LogP contribution in [0.2, 0.25) is 0 Å². The summed E-state index contributed by atoms with van der Waals surface area (Å²) in [4.78, 5) is 28.1. The second-order valence-corrected chi connectivity index (χ2v) is 6.21. The Morgan fingerprint density at radius 3 is 2.44 bits per heavy atom. The number of aliphatic carboxylic acids is 1. The molecule has 1 amide bonds. The van der Waals surface area contributed by atoms with Crippen molar-refractivity contribution < 1.29 is 19.4 Å². The molecule has 0 spiro atoms. The van der Waals surface area contributed by atoms with Crippen molar-refractivity contribution >= 4 is 11.9 Å². The van der Waals surface area contributed by atoms with E-state index in [9.17, 15) is 9.59 Å². The van der Waals surface area contributed by atoms with Crippen LogP contribution < -0.4 is 5.32 Å². The van der Waals surface area contributed by atoms with Gasteiger partial charge in [-0.25, -0.2) is 0 Å². The SMILES string of the molecule is COCC(C)(CC(=O)O)NC(=O)c1ccc(-c2ccccc2)nc1C. The average molecular weight is 342 g/mol. The summed E-state index contributed by atoms with van der Waals surface area (Å²) >= 11 is 0. The molecule has 1 aromatic heterocycles. The van der Waals surface area contributed by atoms with Crippen LogP contribution in [0.5, 0.6) is 0 Å². The van der Waals surface area contributed by atoms with E-state index in [-0.39, 0.29) is 18.9 Å². The molecule has 0 radical (unpaired) electrons. The lowest BCUT2D eigenvalue weighted by atomic mass is 9.98. The van der Waals surface area contributed by atoms with Gasteiger partial charge in [0.15, 0.2) is 0 Å². The number of methoxy groups -OCH3 is 1. The fourth-order valence-corrected chi connectivity index (χ4v) is 2.70. The van der Waals surface area contributed by atoms with E-state index in [1.807, 2.05) is 30.3 Å². The highest BCUT2D eigenvalue weighted by Crippen LogP contribution is 2.19.